The number of likely N-dealkylation sites (N-methyl/N-ethyl adjacent to an activating group) is 1. The molecular weight excluding hydrogens is 374 g/mol. The predicted octanol–water partition coefficient (Wildman–Crippen LogP) is 3.13. The monoisotopic (exact) mass is 395 g/mol. The molecule has 150 valence electrons. The Labute approximate surface area is 167 Å². The molecule has 0 aliphatic carbocycles. The number of carboxylic acid groups (broad SMARTS) is 1. The van der Waals surface area contributed by atoms with E-state index in [0.29, 0.717) is 24.6 Å². The number of fused-ring (bicyclic) bond motifs is 1. The van der Waals surface area contributed by atoms with Crippen molar-refractivity contribution in [3.8, 4) is 11.5 Å². The summed E-state index contributed by atoms with van der Waals surface area (Å²) in [5, 5.41) is 11.9. The van der Waals surface area contributed by atoms with Gasteiger partial charge in [0.1, 0.15) is 17.3 Å². The third-order valence-corrected chi connectivity index (χ3v) is 4.84. The van der Waals surface area contributed by atoms with Gasteiger partial charge in [-0.25, -0.2) is 14.6 Å². The van der Waals surface area contributed by atoms with Crippen molar-refractivity contribution in [1.29, 1.82) is 0 Å². The van der Waals surface area contributed by atoms with Gasteiger partial charge in [-0.15, -0.1) is 0 Å². The summed E-state index contributed by atoms with van der Waals surface area (Å²) in [5.74, 6) is 1.21. The number of piperazine rings is 1. The summed E-state index contributed by atoms with van der Waals surface area (Å²) in [5.41, 5.74) is 0.809. The third-order valence-electron chi connectivity index (χ3n) is 4.84. The number of anilines is 1. The molecule has 0 bridgehead atoms. The number of ether oxygens (including phenoxy) is 1. The fraction of sp³-hybridized carbons (Fsp3) is 0.250. The van der Waals surface area contributed by atoms with E-state index >= 15 is 0 Å². The van der Waals surface area contributed by atoms with Crippen molar-refractivity contribution in [3.63, 3.8) is 0 Å². The van der Waals surface area contributed by atoms with Gasteiger partial charge in [-0.05, 0) is 37.4 Å². The Kier molecular flexibility index (Phi) is 5.05. The van der Waals surface area contributed by atoms with Crippen molar-refractivity contribution in [2.45, 2.75) is 0 Å². The summed E-state index contributed by atoms with van der Waals surface area (Å²) >= 11 is 0. The zero-order valence-corrected chi connectivity index (χ0v) is 15.9. The number of aromatic nitrogens is 2. The van der Waals surface area contributed by atoms with E-state index in [2.05, 4.69) is 22.2 Å². The van der Waals surface area contributed by atoms with Crippen molar-refractivity contribution in [2.75, 3.05) is 38.5 Å². The fourth-order valence-electron chi connectivity index (χ4n) is 3.29. The Hall–Kier alpha value is -3.59. The normalized spacial score (nSPS) is 14.7. The highest BCUT2D eigenvalue weighted by atomic mass is 16.5. The Bertz CT molecular complexity index is 1060. The summed E-state index contributed by atoms with van der Waals surface area (Å²) in [4.78, 5) is 31.6. The van der Waals surface area contributed by atoms with Crippen molar-refractivity contribution >= 4 is 28.8 Å². The van der Waals surface area contributed by atoms with Crippen LogP contribution in [0.2, 0.25) is 0 Å². The van der Waals surface area contributed by atoms with Crippen LogP contribution in [-0.4, -0.2) is 69.8 Å². The molecule has 29 heavy (non-hydrogen) atoms. The second-order valence-corrected chi connectivity index (χ2v) is 6.89. The number of carbonyl (C=O) groups is 2. The van der Waals surface area contributed by atoms with Crippen LogP contribution in [0.3, 0.4) is 0 Å². The maximum absolute atomic E-state index is 12.9. The zero-order valence-electron chi connectivity index (χ0n) is 15.9. The first-order valence-corrected chi connectivity index (χ1v) is 9.22. The summed E-state index contributed by atoms with van der Waals surface area (Å²) in [6.07, 6.45) is 2.04. The van der Waals surface area contributed by atoms with Gasteiger partial charge in [0.2, 0.25) is 0 Å². The average molecular weight is 395 g/mol. The van der Waals surface area contributed by atoms with E-state index in [9.17, 15) is 9.59 Å². The highest BCUT2D eigenvalue weighted by Gasteiger charge is 2.21. The lowest BCUT2D eigenvalue weighted by Gasteiger charge is -2.32. The summed E-state index contributed by atoms with van der Waals surface area (Å²) in [6, 6.07) is 10.4. The van der Waals surface area contributed by atoms with Gasteiger partial charge >= 0.3 is 12.1 Å². The molecule has 9 heteroatoms. The van der Waals surface area contributed by atoms with Crippen LogP contribution < -0.4 is 10.1 Å². The van der Waals surface area contributed by atoms with E-state index in [1.54, 1.807) is 22.9 Å². The molecule has 1 fully saturated rings. The maximum atomic E-state index is 12.9. The molecular formula is C20H21N5O4. The average Bonchev–Trinajstić information content (AvgIpc) is 3.11. The SMILES string of the molecule is CN1CCN(C(=O)n2ccc3cc(Oc4ccnc(NC(=O)O)c4)ccc32)CC1. The van der Waals surface area contributed by atoms with E-state index < -0.39 is 6.09 Å². The molecule has 2 aromatic heterocycles. The van der Waals surface area contributed by atoms with Crippen LogP contribution in [-0.2, 0) is 0 Å². The molecule has 1 aliphatic rings. The Balaban J connectivity index is 1.52. The molecule has 4 rings (SSSR count). The van der Waals surface area contributed by atoms with Gasteiger partial charge in [-0.2, -0.15) is 0 Å². The first-order valence-electron chi connectivity index (χ1n) is 9.22. The van der Waals surface area contributed by atoms with Gasteiger partial charge in [0.15, 0.2) is 0 Å². The first kappa shape index (κ1) is 18.8. The molecule has 0 unspecified atom stereocenters. The lowest BCUT2D eigenvalue weighted by Crippen LogP contribution is -2.48. The van der Waals surface area contributed by atoms with E-state index in [-0.39, 0.29) is 11.8 Å². The van der Waals surface area contributed by atoms with Gasteiger partial charge in [-0.1, -0.05) is 0 Å². The number of pyridine rings is 1. The van der Waals surface area contributed by atoms with Crippen LogP contribution in [0.15, 0.2) is 48.8 Å². The molecule has 2 amide bonds. The summed E-state index contributed by atoms with van der Waals surface area (Å²) in [6.45, 7) is 3.16. The van der Waals surface area contributed by atoms with Crippen LogP contribution in [0.5, 0.6) is 11.5 Å². The van der Waals surface area contributed by atoms with Crippen LogP contribution >= 0.6 is 0 Å². The Morgan fingerprint density at radius 2 is 1.83 bits per heavy atom. The van der Waals surface area contributed by atoms with Crippen LogP contribution in [0.4, 0.5) is 15.4 Å². The molecule has 1 aromatic carbocycles. The predicted molar refractivity (Wildman–Crippen MR) is 108 cm³/mol. The van der Waals surface area contributed by atoms with Gasteiger partial charge in [-0.3, -0.25) is 9.88 Å². The van der Waals surface area contributed by atoms with Crippen molar-refractivity contribution in [2.24, 2.45) is 0 Å². The zero-order chi connectivity index (χ0) is 20.4. The van der Waals surface area contributed by atoms with Crippen LogP contribution in [0.25, 0.3) is 10.9 Å². The molecule has 0 spiro atoms. The molecule has 1 saturated heterocycles. The van der Waals surface area contributed by atoms with Crippen molar-refractivity contribution in [1.82, 2.24) is 19.4 Å². The van der Waals surface area contributed by atoms with E-state index in [1.807, 2.05) is 23.1 Å². The number of hydrogen-bond acceptors (Lipinski definition) is 5. The van der Waals surface area contributed by atoms with Crippen molar-refractivity contribution < 1.29 is 19.4 Å². The maximum Gasteiger partial charge on any atom is 0.410 e. The molecule has 1 aliphatic heterocycles. The van der Waals surface area contributed by atoms with Gasteiger partial charge < -0.3 is 19.6 Å². The number of nitrogens with one attached hydrogen (secondary N) is 1. The van der Waals surface area contributed by atoms with Gasteiger partial charge in [0, 0.05) is 50.0 Å². The highest BCUT2D eigenvalue weighted by Crippen LogP contribution is 2.27. The number of rotatable bonds is 3. The second-order valence-electron chi connectivity index (χ2n) is 6.89. The van der Waals surface area contributed by atoms with E-state index in [4.69, 9.17) is 9.84 Å². The van der Waals surface area contributed by atoms with Crippen LogP contribution in [0.1, 0.15) is 0 Å². The van der Waals surface area contributed by atoms with E-state index in [0.717, 1.165) is 24.0 Å². The van der Waals surface area contributed by atoms with Gasteiger partial charge in [0.25, 0.3) is 0 Å². The molecule has 9 nitrogen and oxygen atoms in total. The number of carbonyl (C=O) groups excluding carboxylic acids is 1. The number of hydrogen-bond donors (Lipinski definition) is 2. The molecule has 2 N–H and O–H groups in total. The Morgan fingerprint density at radius 1 is 1.07 bits per heavy atom. The molecule has 3 aromatic rings. The molecule has 3 heterocycles. The number of benzene rings is 1. The minimum atomic E-state index is -1.19. The minimum absolute atomic E-state index is 0.0275. The Morgan fingerprint density at radius 3 is 2.59 bits per heavy atom. The quantitative estimate of drug-likeness (QED) is 0.707. The lowest BCUT2D eigenvalue weighted by atomic mass is 10.2. The van der Waals surface area contributed by atoms with Gasteiger partial charge in [0.05, 0.1) is 5.52 Å². The first-order chi connectivity index (χ1) is 14.0. The number of nitrogens with zero attached hydrogens (tertiary/aromatic N) is 4. The number of amides is 2. The topological polar surface area (TPSA) is 99.9 Å². The lowest BCUT2D eigenvalue weighted by molar-refractivity contribution is 0.156. The highest BCUT2D eigenvalue weighted by molar-refractivity contribution is 5.92. The van der Waals surface area contributed by atoms with E-state index in [1.165, 1.54) is 12.3 Å². The van der Waals surface area contributed by atoms with Crippen molar-refractivity contribution in [3.05, 3.63) is 48.8 Å². The standard InChI is InChI=1S/C20H21N5O4/c1-23-8-10-24(11-9-23)20(28)25-7-5-14-12-15(2-3-17(14)25)29-16-4-6-21-18(13-16)22-19(26)27/h2-7,12-13H,8-11H2,1H3,(H,21,22)(H,26,27). The molecule has 0 saturated carbocycles. The summed E-state index contributed by atoms with van der Waals surface area (Å²) < 4.78 is 7.48. The largest absolute Gasteiger partial charge is 0.465 e. The smallest absolute Gasteiger partial charge is 0.410 e. The second kappa shape index (κ2) is 7.80. The third kappa shape index (κ3) is 4.14. The molecule has 0 atom stereocenters. The molecule has 0 radical (unpaired) electrons. The summed E-state index contributed by atoms with van der Waals surface area (Å²) in [7, 11) is 2.05. The minimum Gasteiger partial charge on any atom is -0.465 e. The fourth-order valence-corrected chi connectivity index (χ4v) is 3.29. The van der Waals surface area contributed by atoms with Crippen LogP contribution in [0, 0.1) is 0 Å².